The zero-order chi connectivity index (χ0) is 26.4. The van der Waals surface area contributed by atoms with Crippen molar-refractivity contribution in [3.8, 4) is 17.0 Å². The zero-order valence-electron chi connectivity index (χ0n) is 21.6. The Morgan fingerprint density at radius 3 is 2.32 bits per heavy atom. The van der Waals surface area contributed by atoms with Gasteiger partial charge in [0.25, 0.3) is 0 Å². The van der Waals surface area contributed by atoms with Crippen molar-refractivity contribution in [2.45, 2.75) is 39.5 Å². The molecule has 192 valence electrons. The highest BCUT2D eigenvalue weighted by molar-refractivity contribution is 5.92. The summed E-state index contributed by atoms with van der Waals surface area (Å²) in [5.74, 6) is 0.250. The molecule has 0 atom stereocenters. The number of unbranched alkanes of at least 4 members (excludes halogenated alkanes) is 1. The van der Waals surface area contributed by atoms with Gasteiger partial charge in [0, 0.05) is 29.7 Å². The van der Waals surface area contributed by atoms with Crippen LogP contribution in [0.1, 0.15) is 35.1 Å². The van der Waals surface area contributed by atoms with Gasteiger partial charge in [-0.15, -0.1) is 0 Å². The van der Waals surface area contributed by atoms with Crippen LogP contribution >= 0.6 is 0 Å². The molecule has 0 aliphatic carbocycles. The van der Waals surface area contributed by atoms with Crippen LogP contribution in [0.5, 0.6) is 5.75 Å². The zero-order valence-corrected chi connectivity index (χ0v) is 21.6. The SMILES string of the molecule is Cc1cc(C)cc(-c2[nH]c3ccccc3c2CCN(CCCCc2ccc(O)cc2)/C(N)=N\C(=N)N)c1. The number of hydrogen-bond acceptors (Lipinski definition) is 2. The third kappa shape index (κ3) is 6.70. The maximum Gasteiger partial charge on any atom is 0.215 e. The smallest absolute Gasteiger partial charge is 0.215 e. The second kappa shape index (κ2) is 11.6. The predicted molar refractivity (Wildman–Crippen MR) is 153 cm³/mol. The Hall–Kier alpha value is -4.26. The average Bonchev–Trinajstić information content (AvgIpc) is 3.22. The minimum atomic E-state index is -0.297. The monoisotopic (exact) mass is 496 g/mol. The molecule has 7 heteroatoms. The third-order valence-electron chi connectivity index (χ3n) is 6.59. The first kappa shape index (κ1) is 25.8. The number of aryl methyl sites for hydroxylation is 3. The van der Waals surface area contributed by atoms with Gasteiger partial charge in [0.1, 0.15) is 5.75 Å². The van der Waals surface area contributed by atoms with E-state index >= 15 is 0 Å². The van der Waals surface area contributed by atoms with Gasteiger partial charge >= 0.3 is 0 Å². The number of aromatic nitrogens is 1. The van der Waals surface area contributed by atoms with Crippen molar-refractivity contribution in [1.82, 2.24) is 9.88 Å². The molecule has 0 spiro atoms. The quantitative estimate of drug-likeness (QED) is 0.123. The van der Waals surface area contributed by atoms with Gasteiger partial charge in [-0.1, -0.05) is 47.5 Å². The highest BCUT2D eigenvalue weighted by atomic mass is 16.3. The predicted octanol–water partition coefficient (Wildman–Crippen LogP) is 5.23. The summed E-state index contributed by atoms with van der Waals surface area (Å²) in [6.45, 7) is 5.61. The van der Waals surface area contributed by atoms with Crippen molar-refractivity contribution in [2.24, 2.45) is 16.5 Å². The number of aromatic amines is 1. The number of rotatable bonds is 9. The van der Waals surface area contributed by atoms with Crippen molar-refractivity contribution in [3.63, 3.8) is 0 Å². The van der Waals surface area contributed by atoms with Gasteiger partial charge in [-0.25, -0.2) is 0 Å². The Labute approximate surface area is 218 Å². The molecular weight excluding hydrogens is 460 g/mol. The summed E-state index contributed by atoms with van der Waals surface area (Å²) in [5.41, 5.74) is 20.1. The number of phenols is 1. The molecule has 0 aliphatic heterocycles. The van der Waals surface area contributed by atoms with Crippen LogP contribution in [0.3, 0.4) is 0 Å². The number of H-pyrrole nitrogens is 1. The molecule has 3 aromatic carbocycles. The molecule has 0 unspecified atom stereocenters. The normalized spacial score (nSPS) is 11.7. The molecule has 0 amide bonds. The highest BCUT2D eigenvalue weighted by Crippen LogP contribution is 2.32. The summed E-state index contributed by atoms with van der Waals surface area (Å²) in [6, 6.07) is 22.3. The minimum absolute atomic E-state index is 0.268. The van der Waals surface area contributed by atoms with Crippen LogP contribution in [0.15, 0.2) is 71.7 Å². The highest BCUT2D eigenvalue weighted by Gasteiger charge is 2.16. The first-order chi connectivity index (χ1) is 17.8. The van der Waals surface area contributed by atoms with E-state index in [1.165, 1.54) is 33.2 Å². The molecule has 0 bridgehead atoms. The van der Waals surface area contributed by atoms with E-state index in [4.69, 9.17) is 16.9 Å². The van der Waals surface area contributed by atoms with Gasteiger partial charge in [-0.05, 0) is 86.6 Å². The summed E-state index contributed by atoms with van der Waals surface area (Å²) in [4.78, 5) is 9.70. The first-order valence-electron chi connectivity index (χ1n) is 12.7. The summed E-state index contributed by atoms with van der Waals surface area (Å²) < 4.78 is 0. The van der Waals surface area contributed by atoms with Gasteiger partial charge in [0.2, 0.25) is 5.96 Å². The number of benzene rings is 3. The van der Waals surface area contributed by atoms with Gasteiger partial charge in [-0.3, -0.25) is 5.41 Å². The number of nitrogens with one attached hydrogen (secondary N) is 2. The van der Waals surface area contributed by atoms with Gasteiger partial charge in [-0.2, -0.15) is 4.99 Å². The van der Waals surface area contributed by atoms with Gasteiger partial charge in [0.05, 0.1) is 0 Å². The Morgan fingerprint density at radius 1 is 0.919 bits per heavy atom. The van der Waals surface area contributed by atoms with Gasteiger partial charge in [0.15, 0.2) is 5.96 Å². The molecule has 4 aromatic rings. The molecule has 0 aliphatic rings. The molecule has 0 fully saturated rings. The number of nitrogens with two attached hydrogens (primary N) is 2. The number of para-hydroxylation sites is 1. The number of aromatic hydroxyl groups is 1. The molecule has 7 nitrogen and oxygen atoms in total. The number of hydrogen-bond donors (Lipinski definition) is 5. The number of nitrogens with zero attached hydrogens (tertiary/aromatic N) is 2. The Bertz CT molecular complexity index is 1380. The number of aliphatic imine (C=N–C) groups is 1. The van der Waals surface area contributed by atoms with Crippen molar-refractivity contribution < 1.29 is 5.11 Å². The topological polar surface area (TPSA) is 128 Å². The molecule has 4 rings (SSSR count). The van der Waals surface area contributed by atoms with E-state index in [2.05, 4.69) is 60.2 Å². The lowest BCUT2D eigenvalue weighted by molar-refractivity contribution is 0.404. The standard InChI is InChI=1S/C30H36N6O/c1-20-17-21(2)19-23(18-20)28-26(25-8-3-4-9-27(25)34-28)14-16-36(30(33)35-29(31)32)15-6-5-7-22-10-12-24(37)13-11-22/h3-4,8-13,17-19,34,37H,5-7,14-16H2,1-2H3,(H5,31,32,33,35). The average molecular weight is 497 g/mol. The first-order valence-corrected chi connectivity index (χ1v) is 12.7. The Morgan fingerprint density at radius 2 is 1.62 bits per heavy atom. The van der Waals surface area contributed by atoms with Crippen molar-refractivity contribution >= 4 is 22.8 Å². The van der Waals surface area contributed by atoms with E-state index in [1.54, 1.807) is 12.1 Å². The number of phenolic OH excluding ortho intramolecular Hbond substituents is 1. The van der Waals surface area contributed by atoms with E-state index in [9.17, 15) is 5.11 Å². The molecule has 0 saturated heterocycles. The van der Waals surface area contributed by atoms with E-state index in [1.807, 2.05) is 23.1 Å². The van der Waals surface area contributed by atoms with E-state index in [-0.39, 0.29) is 17.7 Å². The van der Waals surface area contributed by atoms with Crippen LogP contribution < -0.4 is 11.5 Å². The Kier molecular flexibility index (Phi) is 8.13. The largest absolute Gasteiger partial charge is 0.508 e. The maximum absolute atomic E-state index is 9.49. The van der Waals surface area contributed by atoms with Crippen LogP contribution in [-0.2, 0) is 12.8 Å². The second-order valence-corrected chi connectivity index (χ2v) is 9.62. The second-order valence-electron chi connectivity index (χ2n) is 9.62. The van der Waals surface area contributed by atoms with Crippen molar-refractivity contribution in [2.75, 3.05) is 13.1 Å². The fourth-order valence-electron chi connectivity index (χ4n) is 4.90. The lowest BCUT2D eigenvalue weighted by Gasteiger charge is -2.24. The van der Waals surface area contributed by atoms with E-state index in [0.29, 0.717) is 13.1 Å². The van der Waals surface area contributed by atoms with Crippen LogP contribution in [0.25, 0.3) is 22.2 Å². The lowest BCUT2D eigenvalue weighted by atomic mass is 9.99. The molecular formula is C30H36N6O. The lowest BCUT2D eigenvalue weighted by Crippen LogP contribution is -2.40. The molecule has 1 heterocycles. The molecule has 0 radical (unpaired) electrons. The summed E-state index contributed by atoms with van der Waals surface area (Å²) in [5, 5.41) is 18.3. The van der Waals surface area contributed by atoms with Crippen LogP contribution in [0.2, 0.25) is 0 Å². The molecule has 1 aromatic heterocycles. The summed E-state index contributed by atoms with van der Waals surface area (Å²) in [6.07, 6.45) is 3.55. The Balaban J connectivity index is 1.53. The fourth-order valence-corrected chi connectivity index (χ4v) is 4.90. The number of fused-ring (bicyclic) bond motifs is 1. The number of guanidine groups is 2. The van der Waals surface area contributed by atoms with E-state index < -0.39 is 0 Å². The van der Waals surface area contributed by atoms with E-state index in [0.717, 1.165) is 36.9 Å². The third-order valence-corrected chi connectivity index (χ3v) is 6.59. The van der Waals surface area contributed by atoms with Crippen LogP contribution in [-0.4, -0.2) is 40.0 Å². The summed E-state index contributed by atoms with van der Waals surface area (Å²) >= 11 is 0. The molecule has 37 heavy (non-hydrogen) atoms. The summed E-state index contributed by atoms with van der Waals surface area (Å²) in [7, 11) is 0. The van der Waals surface area contributed by atoms with Crippen LogP contribution in [0.4, 0.5) is 0 Å². The maximum atomic E-state index is 9.49. The van der Waals surface area contributed by atoms with Gasteiger partial charge < -0.3 is 26.5 Å². The van der Waals surface area contributed by atoms with Crippen LogP contribution in [0, 0.1) is 19.3 Å². The fraction of sp³-hybridized carbons (Fsp3) is 0.267. The van der Waals surface area contributed by atoms with Crippen molar-refractivity contribution in [1.29, 1.82) is 5.41 Å². The molecule has 0 saturated carbocycles. The minimum Gasteiger partial charge on any atom is -0.508 e. The van der Waals surface area contributed by atoms with Crippen molar-refractivity contribution in [3.05, 3.63) is 89.0 Å². The molecule has 7 N–H and O–H groups in total.